The Morgan fingerprint density at radius 2 is 1.24 bits per heavy atom. The van der Waals surface area contributed by atoms with Gasteiger partial charge in [-0.15, -0.1) is 11.3 Å². The van der Waals surface area contributed by atoms with Crippen LogP contribution in [0.3, 0.4) is 0 Å². The maximum absolute atomic E-state index is 7.06. The van der Waals surface area contributed by atoms with Gasteiger partial charge in [-0.25, -0.2) is 0 Å². The molecule has 0 atom stereocenters. The minimum Gasteiger partial charge on any atom is -0.469 e. The molecule has 3 nitrogen and oxygen atoms in total. The molecule has 338 valence electrons. The Morgan fingerprint density at radius 1 is 0.559 bits per heavy atom. The SMILES string of the molecule is CC(C)(C)c1ccc(Nc2cc3c(cc2-c2ccc4c5cc6c(cc5n5c4c2Bc2oc4ccc(C(C)(C)C)cc4c2-5)sc2ccccc26)-c2cc4c(cc2C3(C)C)C(C)(C)CCC4(C)C)cc1. The van der Waals surface area contributed by atoms with Gasteiger partial charge in [0, 0.05) is 64.2 Å². The average molecular weight is 905 g/mol. The van der Waals surface area contributed by atoms with Crippen LogP contribution in [-0.4, -0.2) is 11.8 Å². The van der Waals surface area contributed by atoms with Crippen LogP contribution in [0.1, 0.15) is 129 Å². The highest BCUT2D eigenvalue weighted by atomic mass is 32.1. The molecule has 68 heavy (non-hydrogen) atoms. The molecule has 0 bridgehead atoms. The van der Waals surface area contributed by atoms with E-state index < -0.39 is 0 Å². The molecule has 4 heterocycles. The van der Waals surface area contributed by atoms with Gasteiger partial charge in [-0.1, -0.05) is 138 Å². The quantitative estimate of drug-likeness (QED) is 0.179. The lowest BCUT2D eigenvalue weighted by atomic mass is 9.62. The Balaban J connectivity index is 1.11. The first-order chi connectivity index (χ1) is 32.2. The maximum Gasteiger partial charge on any atom is 0.244 e. The summed E-state index contributed by atoms with van der Waals surface area (Å²) in [6.45, 7) is 28.5. The summed E-state index contributed by atoms with van der Waals surface area (Å²) in [7, 11) is 0.699. The van der Waals surface area contributed by atoms with Gasteiger partial charge in [0.2, 0.25) is 7.28 Å². The first kappa shape index (κ1) is 42.1. The fraction of sp³-hybridized carbons (Fsp3) is 0.302. The Bertz CT molecular complexity index is 3840. The highest BCUT2D eigenvalue weighted by Gasteiger charge is 2.43. The number of nitrogens with one attached hydrogen (secondary N) is 1. The summed E-state index contributed by atoms with van der Waals surface area (Å²) in [4.78, 5) is 0. The van der Waals surface area contributed by atoms with Crippen molar-refractivity contribution in [1.82, 2.24) is 4.57 Å². The lowest BCUT2D eigenvalue weighted by molar-refractivity contribution is 0.331. The summed E-state index contributed by atoms with van der Waals surface area (Å²) >= 11 is 1.89. The van der Waals surface area contributed by atoms with Crippen LogP contribution < -0.4 is 16.4 Å². The van der Waals surface area contributed by atoms with Gasteiger partial charge in [0.15, 0.2) is 0 Å². The maximum atomic E-state index is 7.06. The summed E-state index contributed by atoms with van der Waals surface area (Å²) in [5.74, 6) is 0. The number of aromatic nitrogens is 1. The van der Waals surface area contributed by atoms with Crippen molar-refractivity contribution < 1.29 is 4.42 Å². The molecule has 7 aromatic carbocycles. The predicted molar refractivity (Wildman–Crippen MR) is 295 cm³/mol. The van der Waals surface area contributed by atoms with Crippen molar-refractivity contribution in [2.45, 2.75) is 123 Å². The van der Waals surface area contributed by atoms with Crippen molar-refractivity contribution in [3.63, 3.8) is 0 Å². The number of furan rings is 1. The van der Waals surface area contributed by atoms with Crippen molar-refractivity contribution in [2.24, 2.45) is 0 Å². The van der Waals surface area contributed by atoms with Crippen LogP contribution in [0.15, 0.2) is 120 Å². The number of nitrogens with zero attached hydrogens (tertiary/aromatic N) is 1. The zero-order chi connectivity index (χ0) is 47.2. The second-order valence-corrected chi connectivity index (χ2v) is 25.6. The highest BCUT2D eigenvalue weighted by Crippen LogP contribution is 2.56. The van der Waals surface area contributed by atoms with Crippen molar-refractivity contribution in [3.05, 3.63) is 149 Å². The van der Waals surface area contributed by atoms with Crippen LogP contribution >= 0.6 is 11.3 Å². The van der Waals surface area contributed by atoms with E-state index >= 15 is 0 Å². The van der Waals surface area contributed by atoms with Gasteiger partial charge >= 0.3 is 0 Å². The summed E-state index contributed by atoms with van der Waals surface area (Å²) in [6, 6.07) is 44.9. The minimum absolute atomic E-state index is 0.00210. The molecule has 2 aliphatic carbocycles. The topological polar surface area (TPSA) is 30.1 Å². The zero-order valence-corrected chi connectivity index (χ0v) is 42.7. The van der Waals surface area contributed by atoms with E-state index in [1.54, 1.807) is 0 Å². The molecule has 13 rings (SSSR count). The largest absolute Gasteiger partial charge is 0.469 e. The summed E-state index contributed by atoms with van der Waals surface area (Å²) in [5.41, 5.74) is 23.1. The normalized spacial score (nSPS) is 16.6. The third-order valence-corrected chi connectivity index (χ3v) is 17.9. The zero-order valence-electron chi connectivity index (χ0n) is 41.9. The van der Waals surface area contributed by atoms with Gasteiger partial charge in [-0.2, -0.15) is 0 Å². The molecular weight excluding hydrogens is 844 g/mol. The van der Waals surface area contributed by atoms with E-state index in [1.165, 1.54) is 127 Å². The van der Waals surface area contributed by atoms with E-state index in [4.69, 9.17) is 4.42 Å². The lowest BCUT2D eigenvalue weighted by Crippen LogP contribution is -2.36. The molecular formula is C63H61BN2OS. The number of hydrogen-bond donors (Lipinski definition) is 1. The summed E-state index contributed by atoms with van der Waals surface area (Å²) in [5, 5.41) is 10.5. The highest BCUT2D eigenvalue weighted by molar-refractivity contribution is 7.25. The van der Waals surface area contributed by atoms with Gasteiger partial charge in [0.1, 0.15) is 5.58 Å². The van der Waals surface area contributed by atoms with Crippen molar-refractivity contribution >= 4 is 94.1 Å². The van der Waals surface area contributed by atoms with Crippen LogP contribution in [0.4, 0.5) is 11.4 Å². The van der Waals surface area contributed by atoms with E-state index in [1.807, 2.05) is 11.3 Å². The predicted octanol–water partition coefficient (Wildman–Crippen LogP) is 16.3. The molecule has 10 aromatic rings. The molecule has 0 saturated carbocycles. The molecule has 5 heteroatoms. The number of rotatable bonds is 3. The molecule has 0 fully saturated rings. The number of anilines is 2. The molecule has 1 aliphatic heterocycles. The van der Waals surface area contributed by atoms with Crippen LogP contribution in [0.25, 0.3) is 80.9 Å². The van der Waals surface area contributed by atoms with E-state index in [-0.39, 0.29) is 27.1 Å². The second kappa shape index (κ2) is 13.6. The second-order valence-electron chi connectivity index (χ2n) is 24.5. The standard InChI is InChI=1S/C63H61BN2OS/c1-59(2,3)34-17-20-36(21-18-34)65-50-32-47-40(41-30-48-49(31-46(41)63(47,11)12)62(9,10)26-25-61(48,7)8)28-42(50)38-22-23-39-43-29-44-37-15-13-14-16-53(37)68-54(44)33-51(43)66-56(39)55(38)64-58-57(66)45-27-35(60(4,5)6)19-24-52(45)67-58/h13-24,27-33,64-65H,25-26H2,1-12H3. The molecule has 0 spiro atoms. The van der Waals surface area contributed by atoms with Crippen LogP contribution in [0.5, 0.6) is 0 Å². The van der Waals surface area contributed by atoms with Crippen LogP contribution in [-0.2, 0) is 27.1 Å². The molecule has 3 aliphatic rings. The smallest absolute Gasteiger partial charge is 0.244 e. The van der Waals surface area contributed by atoms with Crippen LogP contribution in [0, 0.1) is 0 Å². The first-order valence-corrected chi connectivity index (χ1v) is 25.7. The molecule has 3 aromatic heterocycles. The lowest BCUT2D eigenvalue weighted by Gasteiger charge is -2.42. The first-order valence-electron chi connectivity index (χ1n) is 24.9. The van der Waals surface area contributed by atoms with E-state index in [0.29, 0.717) is 7.28 Å². The van der Waals surface area contributed by atoms with Gasteiger partial charge < -0.3 is 14.3 Å². The molecule has 0 unspecified atom stereocenters. The average Bonchev–Trinajstić information content (AvgIpc) is 4.00. The summed E-state index contributed by atoms with van der Waals surface area (Å²) < 4.78 is 12.3. The van der Waals surface area contributed by atoms with Gasteiger partial charge in [0.05, 0.1) is 16.9 Å². The fourth-order valence-corrected chi connectivity index (χ4v) is 13.7. The number of fused-ring (bicyclic) bond motifs is 14. The Morgan fingerprint density at radius 3 is 1.97 bits per heavy atom. The molecule has 1 N–H and O–H groups in total. The minimum atomic E-state index is -0.181. The molecule has 0 saturated heterocycles. The van der Waals surface area contributed by atoms with Crippen LogP contribution in [0.2, 0.25) is 0 Å². The van der Waals surface area contributed by atoms with Crippen molar-refractivity contribution in [3.8, 4) is 27.9 Å². The van der Waals surface area contributed by atoms with Gasteiger partial charge in [-0.3, -0.25) is 0 Å². The fourth-order valence-electron chi connectivity index (χ4n) is 12.6. The number of benzene rings is 7. The van der Waals surface area contributed by atoms with Crippen molar-refractivity contribution in [2.75, 3.05) is 5.32 Å². The number of thiophene rings is 1. The van der Waals surface area contributed by atoms with Crippen molar-refractivity contribution in [1.29, 1.82) is 0 Å². The Hall–Kier alpha value is -6.04. The van der Waals surface area contributed by atoms with Gasteiger partial charge in [-0.05, 0) is 151 Å². The van der Waals surface area contributed by atoms with Gasteiger partial charge in [0.25, 0.3) is 0 Å². The number of hydrogen-bond acceptors (Lipinski definition) is 3. The van der Waals surface area contributed by atoms with E-state index in [9.17, 15) is 0 Å². The van der Waals surface area contributed by atoms with E-state index in [2.05, 4.69) is 208 Å². The summed E-state index contributed by atoms with van der Waals surface area (Å²) in [6.07, 6.45) is 2.39. The molecule has 0 amide bonds. The Labute approximate surface area is 405 Å². The third-order valence-electron chi connectivity index (χ3n) is 16.8. The molecule has 0 radical (unpaired) electrons. The monoisotopic (exact) mass is 904 g/mol. The Kier molecular flexibility index (Phi) is 8.42. The third kappa shape index (κ3) is 5.90. The van der Waals surface area contributed by atoms with E-state index in [0.717, 1.165) is 22.6 Å².